The van der Waals surface area contributed by atoms with E-state index in [1.807, 2.05) is 12.1 Å². The Bertz CT molecular complexity index is 524. The van der Waals surface area contributed by atoms with Crippen molar-refractivity contribution >= 4 is 5.69 Å². The van der Waals surface area contributed by atoms with Gasteiger partial charge in [0.15, 0.2) is 0 Å². The van der Waals surface area contributed by atoms with E-state index in [1.165, 1.54) is 5.56 Å². The number of ether oxygens (including phenoxy) is 1. The summed E-state index contributed by atoms with van der Waals surface area (Å²) in [5, 5.41) is 3.63. The maximum atomic E-state index is 5.70. The van der Waals surface area contributed by atoms with Gasteiger partial charge in [-0.3, -0.25) is 0 Å². The smallest absolute Gasteiger partial charge is 0.121 e. The van der Waals surface area contributed by atoms with E-state index in [0.29, 0.717) is 6.04 Å². The van der Waals surface area contributed by atoms with Crippen molar-refractivity contribution in [2.24, 2.45) is 0 Å². The fourth-order valence-electron chi connectivity index (χ4n) is 2.39. The molecule has 0 saturated carbocycles. The van der Waals surface area contributed by atoms with Crippen molar-refractivity contribution in [3.05, 3.63) is 60.2 Å². The fraction of sp³-hybridized carbons (Fsp3) is 0.368. The molecule has 0 aliphatic carbocycles. The summed E-state index contributed by atoms with van der Waals surface area (Å²) >= 11 is 0. The second-order valence-electron chi connectivity index (χ2n) is 5.27. The predicted molar refractivity (Wildman–Crippen MR) is 89.9 cm³/mol. The van der Waals surface area contributed by atoms with Crippen LogP contribution in [0.5, 0.6) is 5.75 Å². The molecule has 1 atom stereocenters. The van der Waals surface area contributed by atoms with Gasteiger partial charge in [-0.25, -0.2) is 0 Å². The standard InChI is InChI=1S/C19H25NO/c1-3-9-19(16-10-6-5-7-11-16)20-17-12-8-13-18(15-17)21-14-4-2/h5-8,10-13,15,19-20H,3-4,9,14H2,1-2H3. The molecule has 112 valence electrons. The Labute approximate surface area is 128 Å². The highest BCUT2D eigenvalue weighted by atomic mass is 16.5. The maximum Gasteiger partial charge on any atom is 0.121 e. The van der Waals surface area contributed by atoms with Gasteiger partial charge in [0.1, 0.15) is 5.75 Å². The Hall–Kier alpha value is -1.96. The first-order chi connectivity index (χ1) is 10.3. The van der Waals surface area contributed by atoms with Crippen molar-refractivity contribution < 1.29 is 4.74 Å². The summed E-state index contributed by atoms with van der Waals surface area (Å²) in [6.45, 7) is 5.10. The normalized spacial score (nSPS) is 11.9. The van der Waals surface area contributed by atoms with Crippen LogP contribution in [0.3, 0.4) is 0 Å². The third-order valence-corrected chi connectivity index (χ3v) is 3.43. The van der Waals surface area contributed by atoms with Crippen LogP contribution < -0.4 is 10.1 Å². The van der Waals surface area contributed by atoms with Crippen molar-refractivity contribution in [2.45, 2.75) is 39.2 Å². The monoisotopic (exact) mass is 283 g/mol. The van der Waals surface area contributed by atoms with Gasteiger partial charge in [0.05, 0.1) is 12.6 Å². The molecule has 0 aromatic heterocycles. The Morgan fingerprint density at radius 2 is 1.76 bits per heavy atom. The van der Waals surface area contributed by atoms with Crippen molar-refractivity contribution in [1.29, 1.82) is 0 Å². The Balaban J connectivity index is 2.09. The molecule has 2 aromatic rings. The summed E-state index contributed by atoms with van der Waals surface area (Å²) in [7, 11) is 0. The van der Waals surface area contributed by atoms with Gasteiger partial charge in [0.25, 0.3) is 0 Å². The molecule has 21 heavy (non-hydrogen) atoms. The summed E-state index contributed by atoms with van der Waals surface area (Å²) in [5.41, 5.74) is 2.45. The topological polar surface area (TPSA) is 21.3 Å². The maximum absolute atomic E-state index is 5.70. The first-order valence-corrected chi connectivity index (χ1v) is 7.87. The van der Waals surface area contributed by atoms with Gasteiger partial charge in [-0.15, -0.1) is 0 Å². The van der Waals surface area contributed by atoms with Gasteiger partial charge in [0.2, 0.25) is 0 Å². The van der Waals surface area contributed by atoms with Crippen molar-refractivity contribution in [3.63, 3.8) is 0 Å². The van der Waals surface area contributed by atoms with Gasteiger partial charge in [-0.1, -0.05) is 56.7 Å². The molecule has 1 N–H and O–H groups in total. The van der Waals surface area contributed by atoms with E-state index in [0.717, 1.165) is 37.3 Å². The third-order valence-electron chi connectivity index (χ3n) is 3.43. The summed E-state index contributed by atoms with van der Waals surface area (Å²) in [6, 6.07) is 19.2. The Morgan fingerprint density at radius 1 is 0.952 bits per heavy atom. The lowest BCUT2D eigenvalue weighted by Gasteiger charge is -2.20. The first-order valence-electron chi connectivity index (χ1n) is 7.87. The highest BCUT2D eigenvalue weighted by Gasteiger charge is 2.10. The van der Waals surface area contributed by atoms with Crippen LogP contribution in [0, 0.1) is 0 Å². The number of rotatable bonds is 8. The predicted octanol–water partition coefficient (Wildman–Crippen LogP) is 5.43. The number of benzene rings is 2. The SMILES string of the molecule is CCCOc1cccc(NC(CCC)c2ccccc2)c1. The molecule has 0 radical (unpaired) electrons. The summed E-state index contributed by atoms with van der Waals surface area (Å²) in [4.78, 5) is 0. The van der Waals surface area contributed by atoms with E-state index in [2.05, 4.69) is 61.6 Å². The van der Waals surface area contributed by atoms with E-state index >= 15 is 0 Å². The molecule has 0 heterocycles. The third kappa shape index (κ3) is 4.82. The molecule has 1 unspecified atom stereocenters. The van der Waals surface area contributed by atoms with Crippen LogP contribution in [-0.2, 0) is 0 Å². The Kier molecular flexibility index (Phi) is 6.14. The van der Waals surface area contributed by atoms with Crippen LogP contribution in [0.25, 0.3) is 0 Å². The second kappa shape index (κ2) is 8.35. The molecule has 0 amide bonds. The summed E-state index contributed by atoms with van der Waals surface area (Å²) in [5.74, 6) is 0.935. The van der Waals surface area contributed by atoms with Gasteiger partial charge in [-0.05, 0) is 30.5 Å². The van der Waals surface area contributed by atoms with Crippen molar-refractivity contribution in [2.75, 3.05) is 11.9 Å². The lowest BCUT2D eigenvalue weighted by atomic mass is 10.0. The molecule has 0 aliphatic heterocycles. The van der Waals surface area contributed by atoms with Crippen LogP contribution in [0.4, 0.5) is 5.69 Å². The zero-order chi connectivity index (χ0) is 14.9. The highest BCUT2D eigenvalue weighted by molar-refractivity contribution is 5.50. The molecule has 0 spiro atoms. The Morgan fingerprint density at radius 3 is 2.48 bits per heavy atom. The van der Waals surface area contributed by atoms with Crippen LogP contribution >= 0.6 is 0 Å². The average molecular weight is 283 g/mol. The van der Waals surface area contributed by atoms with Gasteiger partial charge in [-0.2, -0.15) is 0 Å². The molecule has 2 nitrogen and oxygen atoms in total. The molecular formula is C19H25NO. The lowest BCUT2D eigenvalue weighted by molar-refractivity contribution is 0.317. The van der Waals surface area contributed by atoms with Crippen molar-refractivity contribution in [3.8, 4) is 5.75 Å². The molecule has 2 heteroatoms. The molecule has 0 saturated heterocycles. The van der Waals surface area contributed by atoms with Crippen LogP contribution in [0.2, 0.25) is 0 Å². The number of hydrogen-bond donors (Lipinski definition) is 1. The lowest BCUT2D eigenvalue weighted by Crippen LogP contribution is -2.10. The minimum Gasteiger partial charge on any atom is -0.494 e. The zero-order valence-electron chi connectivity index (χ0n) is 13.0. The van der Waals surface area contributed by atoms with E-state index in [-0.39, 0.29) is 0 Å². The first kappa shape index (κ1) is 15.4. The van der Waals surface area contributed by atoms with Gasteiger partial charge >= 0.3 is 0 Å². The molecule has 2 aromatic carbocycles. The number of anilines is 1. The molecule has 0 bridgehead atoms. The second-order valence-corrected chi connectivity index (χ2v) is 5.27. The van der Waals surface area contributed by atoms with Crippen LogP contribution in [0.15, 0.2) is 54.6 Å². The van der Waals surface area contributed by atoms with E-state index < -0.39 is 0 Å². The van der Waals surface area contributed by atoms with E-state index in [4.69, 9.17) is 4.74 Å². The van der Waals surface area contributed by atoms with Crippen LogP contribution in [-0.4, -0.2) is 6.61 Å². The summed E-state index contributed by atoms with van der Waals surface area (Å²) < 4.78 is 5.70. The largest absolute Gasteiger partial charge is 0.494 e. The molecule has 0 aliphatic rings. The minimum atomic E-state index is 0.345. The molecular weight excluding hydrogens is 258 g/mol. The number of hydrogen-bond acceptors (Lipinski definition) is 2. The summed E-state index contributed by atoms with van der Waals surface area (Å²) in [6.07, 6.45) is 3.29. The van der Waals surface area contributed by atoms with E-state index in [9.17, 15) is 0 Å². The molecule has 0 fully saturated rings. The van der Waals surface area contributed by atoms with Crippen molar-refractivity contribution in [1.82, 2.24) is 0 Å². The highest BCUT2D eigenvalue weighted by Crippen LogP contribution is 2.26. The van der Waals surface area contributed by atoms with E-state index in [1.54, 1.807) is 0 Å². The van der Waals surface area contributed by atoms with Crippen LogP contribution in [0.1, 0.15) is 44.7 Å². The quantitative estimate of drug-likeness (QED) is 0.697. The fourth-order valence-corrected chi connectivity index (χ4v) is 2.39. The zero-order valence-corrected chi connectivity index (χ0v) is 13.0. The minimum absolute atomic E-state index is 0.345. The van der Waals surface area contributed by atoms with Gasteiger partial charge in [0, 0.05) is 11.8 Å². The number of nitrogens with one attached hydrogen (secondary N) is 1. The van der Waals surface area contributed by atoms with Gasteiger partial charge < -0.3 is 10.1 Å². The average Bonchev–Trinajstić information content (AvgIpc) is 2.54. The molecule has 2 rings (SSSR count).